The van der Waals surface area contributed by atoms with Gasteiger partial charge >= 0.3 is 5.97 Å². The zero-order chi connectivity index (χ0) is 14.3. The van der Waals surface area contributed by atoms with E-state index >= 15 is 0 Å². The number of aryl methyl sites for hydroxylation is 1. The summed E-state index contributed by atoms with van der Waals surface area (Å²) in [5.74, 6) is 0.0545. The third-order valence-electron chi connectivity index (χ3n) is 3.64. The van der Waals surface area contributed by atoms with Crippen LogP contribution in [0.3, 0.4) is 0 Å². The summed E-state index contributed by atoms with van der Waals surface area (Å²) in [5, 5.41) is 15.9. The minimum absolute atomic E-state index is 0.143. The zero-order valence-electron chi connectivity index (χ0n) is 11.1. The van der Waals surface area contributed by atoms with Gasteiger partial charge in [0.2, 0.25) is 5.89 Å². The molecule has 3 rings (SSSR count). The van der Waals surface area contributed by atoms with E-state index in [1.54, 1.807) is 20.2 Å². The molecule has 106 valence electrons. The number of rotatable bonds is 3. The molecular weight excluding hydrogens is 280 g/mol. The third kappa shape index (κ3) is 2.10. The van der Waals surface area contributed by atoms with Crippen molar-refractivity contribution in [1.82, 2.24) is 20.0 Å². The number of hydrogen-bond acceptors (Lipinski definition) is 7. The Kier molecular flexibility index (Phi) is 3.27. The third-order valence-corrected chi connectivity index (χ3v) is 4.48. The second-order valence-corrected chi connectivity index (χ2v) is 5.78. The summed E-state index contributed by atoms with van der Waals surface area (Å²) in [5.41, 5.74) is 0. The largest absolute Gasteiger partial charge is 0.480 e. The van der Waals surface area contributed by atoms with Crippen molar-refractivity contribution in [2.75, 3.05) is 7.05 Å². The van der Waals surface area contributed by atoms with Crippen molar-refractivity contribution >= 4 is 17.3 Å². The lowest BCUT2D eigenvalue weighted by atomic mass is 9.99. The standard InChI is InChI=1S/C12H14N4O3S/c1-6-14-10(19-15-6)7-5-8(12(17)18)16(2)9(7)11-13-3-4-20-11/h3-4,7-9H,5H2,1-2H3,(H,17,18)/t7-,8-,9+/m0/s1. The number of nitrogens with zero attached hydrogens (tertiary/aromatic N) is 4. The summed E-state index contributed by atoms with van der Waals surface area (Å²) in [4.78, 5) is 21.8. The molecule has 3 heterocycles. The maximum Gasteiger partial charge on any atom is 0.320 e. The molecule has 0 spiro atoms. The van der Waals surface area contributed by atoms with Gasteiger partial charge in [-0.05, 0) is 20.4 Å². The van der Waals surface area contributed by atoms with E-state index in [-0.39, 0.29) is 12.0 Å². The van der Waals surface area contributed by atoms with Crippen molar-refractivity contribution in [3.05, 3.63) is 28.3 Å². The van der Waals surface area contributed by atoms with Crippen LogP contribution in [0.5, 0.6) is 0 Å². The fourth-order valence-corrected chi connectivity index (χ4v) is 3.57. The van der Waals surface area contributed by atoms with Crippen LogP contribution in [0.15, 0.2) is 16.1 Å². The number of likely N-dealkylation sites (N-methyl/N-ethyl adjacent to an activating group) is 1. The van der Waals surface area contributed by atoms with E-state index in [0.29, 0.717) is 18.1 Å². The van der Waals surface area contributed by atoms with Gasteiger partial charge in [-0.15, -0.1) is 11.3 Å². The quantitative estimate of drug-likeness (QED) is 0.915. The number of likely N-dealkylation sites (tertiary alicyclic amines) is 1. The molecule has 1 N–H and O–H groups in total. The van der Waals surface area contributed by atoms with Crippen molar-refractivity contribution in [3.8, 4) is 0 Å². The molecule has 7 nitrogen and oxygen atoms in total. The van der Waals surface area contributed by atoms with Gasteiger partial charge in [-0.25, -0.2) is 4.98 Å². The minimum atomic E-state index is -0.840. The van der Waals surface area contributed by atoms with E-state index < -0.39 is 12.0 Å². The van der Waals surface area contributed by atoms with Gasteiger partial charge in [0, 0.05) is 11.6 Å². The van der Waals surface area contributed by atoms with Crippen molar-refractivity contribution in [2.45, 2.75) is 31.3 Å². The van der Waals surface area contributed by atoms with Crippen molar-refractivity contribution in [1.29, 1.82) is 0 Å². The molecule has 0 amide bonds. The number of aromatic nitrogens is 3. The predicted octanol–water partition coefficient (Wildman–Crippen LogP) is 1.45. The summed E-state index contributed by atoms with van der Waals surface area (Å²) in [7, 11) is 1.80. The molecule has 8 heteroatoms. The first kappa shape index (κ1) is 13.2. The normalized spacial score (nSPS) is 27.0. The Hall–Kier alpha value is -1.80. The molecule has 2 aromatic rings. The first-order valence-corrected chi connectivity index (χ1v) is 7.10. The van der Waals surface area contributed by atoms with Gasteiger partial charge in [-0.3, -0.25) is 9.69 Å². The monoisotopic (exact) mass is 294 g/mol. The molecule has 0 unspecified atom stereocenters. The average Bonchev–Trinajstić information content (AvgIpc) is 3.07. The number of carboxylic acid groups (broad SMARTS) is 1. The Morgan fingerprint density at radius 2 is 2.40 bits per heavy atom. The molecule has 20 heavy (non-hydrogen) atoms. The molecule has 2 aromatic heterocycles. The molecule has 0 aromatic carbocycles. The van der Waals surface area contributed by atoms with Gasteiger partial charge in [0.1, 0.15) is 11.0 Å². The lowest BCUT2D eigenvalue weighted by Crippen LogP contribution is -2.34. The molecule has 1 fully saturated rings. The first-order valence-electron chi connectivity index (χ1n) is 6.22. The molecule has 0 bridgehead atoms. The number of carboxylic acids is 1. The first-order chi connectivity index (χ1) is 9.58. The van der Waals surface area contributed by atoms with Crippen LogP contribution in [0.4, 0.5) is 0 Å². The second-order valence-electron chi connectivity index (χ2n) is 4.86. The van der Waals surface area contributed by atoms with E-state index in [0.717, 1.165) is 5.01 Å². The summed E-state index contributed by atoms with van der Waals surface area (Å²) < 4.78 is 5.25. The van der Waals surface area contributed by atoms with Crippen LogP contribution in [0, 0.1) is 6.92 Å². The summed E-state index contributed by atoms with van der Waals surface area (Å²) in [6.45, 7) is 1.75. The summed E-state index contributed by atoms with van der Waals surface area (Å²) >= 11 is 1.51. The number of carbonyl (C=O) groups is 1. The Morgan fingerprint density at radius 1 is 1.60 bits per heavy atom. The maximum absolute atomic E-state index is 11.4. The topological polar surface area (TPSA) is 92.3 Å². The van der Waals surface area contributed by atoms with E-state index in [1.807, 2.05) is 10.3 Å². The van der Waals surface area contributed by atoms with Crippen molar-refractivity contribution in [3.63, 3.8) is 0 Å². The van der Waals surface area contributed by atoms with E-state index in [4.69, 9.17) is 4.52 Å². The van der Waals surface area contributed by atoms with Gasteiger partial charge in [0.15, 0.2) is 5.82 Å². The van der Waals surface area contributed by atoms with Crippen LogP contribution in [0.1, 0.15) is 35.1 Å². The molecular formula is C12H14N4O3S. The van der Waals surface area contributed by atoms with Crippen LogP contribution in [-0.2, 0) is 4.79 Å². The fraction of sp³-hybridized carbons (Fsp3) is 0.500. The Bertz CT molecular complexity index is 612. The van der Waals surface area contributed by atoms with Gasteiger partial charge in [0.05, 0.1) is 12.0 Å². The Balaban J connectivity index is 1.99. The molecule has 0 radical (unpaired) electrons. The number of aliphatic carboxylic acids is 1. The molecule has 1 aliphatic rings. The smallest absolute Gasteiger partial charge is 0.320 e. The van der Waals surface area contributed by atoms with E-state index in [1.165, 1.54) is 11.3 Å². The van der Waals surface area contributed by atoms with Crippen molar-refractivity contribution < 1.29 is 14.4 Å². The van der Waals surface area contributed by atoms with Crippen LogP contribution in [-0.4, -0.2) is 44.2 Å². The molecule has 0 saturated carbocycles. The number of hydrogen-bond donors (Lipinski definition) is 1. The van der Waals surface area contributed by atoms with Gasteiger partial charge < -0.3 is 9.63 Å². The van der Waals surface area contributed by atoms with Crippen LogP contribution >= 0.6 is 11.3 Å². The van der Waals surface area contributed by atoms with Crippen LogP contribution in [0.2, 0.25) is 0 Å². The highest BCUT2D eigenvalue weighted by Crippen LogP contribution is 2.45. The Morgan fingerprint density at radius 3 is 2.95 bits per heavy atom. The minimum Gasteiger partial charge on any atom is -0.480 e. The molecule has 1 aliphatic heterocycles. The number of thiazole rings is 1. The molecule has 3 atom stereocenters. The zero-order valence-corrected chi connectivity index (χ0v) is 11.9. The lowest BCUT2D eigenvalue weighted by molar-refractivity contribution is -0.142. The average molecular weight is 294 g/mol. The van der Waals surface area contributed by atoms with Gasteiger partial charge in [0.25, 0.3) is 0 Å². The highest BCUT2D eigenvalue weighted by atomic mass is 32.1. The van der Waals surface area contributed by atoms with Gasteiger partial charge in [-0.1, -0.05) is 5.16 Å². The molecule has 1 saturated heterocycles. The summed E-state index contributed by atoms with van der Waals surface area (Å²) in [6, 6.07) is -0.711. The Labute approximate surface area is 119 Å². The predicted molar refractivity (Wildman–Crippen MR) is 70.4 cm³/mol. The maximum atomic E-state index is 11.4. The van der Waals surface area contributed by atoms with Crippen LogP contribution in [0.25, 0.3) is 0 Å². The van der Waals surface area contributed by atoms with E-state index in [2.05, 4.69) is 15.1 Å². The molecule has 0 aliphatic carbocycles. The highest BCUT2D eigenvalue weighted by Gasteiger charge is 2.47. The lowest BCUT2D eigenvalue weighted by Gasteiger charge is -2.22. The highest BCUT2D eigenvalue weighted by molar-refractivity contribution is 7.09. The van der Waals surface area contributed by atoms with Crippen molar-refractivity contribution in [2.24, 2.45) is 0 Å². The second kappa shape index (κ2) is 4.95. The van der Waals surface area contributed by atoms with Gasteiger partial charge in [-0.2, -0.15) is 4.98 Å². The fourth-order valence-electron chi connectivity index (χ4n) is 2.71. The SMILES string of the molecule is Cc1noc([C@H]2C[C@@H](C(=O)O)N(C)[C@H]2c2nccs2)n1. The van der Waals surface area contributed by atoms with E-state index in [9.17, 15) is 9.90 Å². The summed E-state index contributed by atoms with van der Waals surface area (Å²) in [6.07, 6.45) is 2.16. The van der Waals surface area contributed by atoms with Crippen LogP contribution < -0.4 is 0 Å².